The Morgan fingerprint density at radius 3 is 2.03 bits per heavy atom. The first-order valence-corrected chi connectivity index (χ1v) is 11.1. The van der Waals surface area contributed by atoms with E-state index in [2.05, 4.69) is 12.1 Å². The second-order valence-corrected chi connectivity index (χ2v) is 10.8. The van der Waals surface area contributed by atoms with E-state index in [9.17, 15) is 9.90 Å². The molecular weight excluding hydrogens is 384 g/mol. The number of rotatable bonds is 4. The predicted octanol–water partition coefficient (Wildman–Crippen LogP) is 6.27. The zero-order valence-corrected chi connectivity index (χ0v) is 19.9. The first-order chi connectivity index (χ1) is 14.4. The van der Waals surface area contributed by atoms with Crippen molar-refractivity contribution in [1.82, 2.24) is 0 Å². The molecule has 0 saturated carbocycles. The van der Waals surface area contributed by atoms with Crippen molar-refractivity contribution in [2.24, 2.45) is 16.7 Å². The van der Waals surface area contributed by atoms with Crippen molar-refractivity contribution in [3.8, 4) is 5.75 Å². The van der Waals surface area contributed by atoms with Crippen LogP contribution < -0.4 is 4.74 Å². The van der Waals surface area contributed by atoms with Gasteiger partial charge in [0.15, 0.2) is 0 Å². The van der Waals surface area contributed by atoms with Gasteiger partial charge in [0, 0.05) is 11.3 Å². The van der Waals surface area contributed by atoms with Gasteiger partial charge in [-0.3, -0.25) is 4.79 Å². The summed E-state index contributed by atoms with van der Waals surface area (Å²) >= 11 is 0. The largest absolute Gasteiger partial charge is 0.497 e. The molecule has 3 atom stereocenters. The molecule has 1 N–H and O–H groups in total. The Kier molecular flexibility index (Phi) is 6.21. The number of carbonyl (C=O) groups excluding carboxylic acids is 1. The molecule has 0 radical (unpaired) electrons. The highest BCUT2D eigenvalue weighted by Crippen LogP contribution is 2.54. The van der Waals surface area contributed by atoms with Crippen molar-refractivity contribution in [2.75, 3.05) is 7.11 Å². The van der Waals surface area contributed by atoms with Crippen molar-refractivity contribution >= 4 is 11.4 Å². The lowest BCUT2D eigenvalue weighted by Crippen LogP contribution is -2.56. The van der Waals surface area contributed by atoms with Crippen LogP contribution in [0.15, 0.2) is 60.7 Å². The number of ether oxygens (including phenoxy) is 1. The van der Waals surface area contributed by atoms with Gasteiger partial charge in [0.05, 0.1) is 18.6 Å². The number of hydrogen-bond donors (Lipinski definition) is 1. The fraction of sp³-hybridized carbons (Fsp3) is 0.464. The van der Waals surface area contributed by atoms with E-state index < -0.39 is 22.3 Å². The van der Waals surface area contributed by atoms with Gasteiger partial charge < -0.3 is 9.84 Å². The molecule has 3 nitrogen and oxygen atoms in total. The smallest absolute Gasteiger partial charge is 0.145 e. The van der Waals surface area contributed by atoms with E-state index in [1.807, 2.05) is 90.1 Å². The quantitative estimate of drug-likeness (QED) is 0.634. The Morgan fingerprint density at radius 1 is 0.968 bits per heavy atom. The minimum Gasteiger partial charge on any atom is -0.497 e. The molecule has 0 spiro atoms. The van der Waals surface area contributed by atoms with Crippen LogP contribution in [0.3, 0.4) is 0 Å². The zero-order chi connectivity index (χ0) is 23.0. The molecule has 0 amide bonds. The second-order valence-electron chi connectivity index (χ2n) is 10.8. The summed E-state index contributed by atoms with van der Waals surface area (Å²) in [4.78, 5) is 13.8. The molecule has 0 aliphatic heterocycles. The lowest BCUT2D eigenvalue weighted by atomic mass is 9.55. The Morgan fingerprint density at radius 2 is 1.55 bits per heavy atom. The number of methoxy groups -OCH3 is 1. The van der Waals surface area contributed by atoms with Gasteiger partial charge in [-0.15, -0.1) is 0 Å². The van der Waals surface area contributed by atoms with Crippen LogP contribution >= 0.6 is 0 Å². The minimum absolute atomic E-state index is 0.0918. The summed E-state index contributed by atoms with van der Waals surface area (Å²) < 4.78 is 5.34. The van der Waals surface area contributed by atoms with Crippen LogP contribution in [-0.2, 0) is 4.79 Å². The van der Waals surface area contributed by atoms with Crippen LogP contribution in [0.2, 0.25) is 0 Å². The van der Waals surface area contributed by atoms with E-state index in [1.54, 1.807) is 7.11 Å². The SMILES string of the molecule is COc1ccc(C2CC(c3ccccc3)=CC(O)(C(C)(C)C)C2C(=O)C(C)(C)C)cc1. The van der Waals surface area contributed by atoms with E-state index in [-0.39, 0.29) is 11.7 Å². The zero-order valence-electron chi connectivity index (χ0n) is 19.9. The molecule has 0 aromatic heterocycles. The maximum absolute atomic E-state index is 13.8. The summed E-state index contributed by atoms with van der Waals surface area (Å²) in [6.45, 7) is 11.9. The first kappa shape index (κ1) is 23.3. The Bertz CT molecular complexity index is 942. The molecule has 1 aliphatic carbocycles. The summed E-state index contributed by atoms with van der Waals surface area (Å²) in [5, 5.41) is 12.2. The second kappa shape index (κ2) is 8.27. The van der Waals surface area contributed by atoms with Gasteiger partial charge in [-0.25, -0.2) is 0 Å². The molecule has 0 fully saturated rings. The maximum atomic E-state index is 13.8. The summed E-state index contributed by atoms with van der Waals surface area (Å²) in [5.74, 6) is 0.188. The van der Waals surface area contributed by atoms with Gasteiger partial charge in [0.1, 0.15) is 11.5 Å². The topological polar surface area (TPSA) is 46.5 Å². The molecular formula is C28H36O3. The molecule has 0 saturated heterocycles. The van der Waals surface area contributed by atoms with Crippen molar-refractivity contribution < 1.29 is 14.6 Å². The third kappa shape index (κ3) is 4.48. The van der Waals surface area contributed by atoms with Crippen molar-refractivity contribution in [3.05, 3.63) is 71.8 Å². The van der Waals surface area contributed by atoms with Crippen molar-refractivity contribution in [2.45, 2.75) is 59.5 Å². The predicted molar refractivity (Wildman–Crippen MR) is 127 cm³/mol. The third-order valence-electron chi connectivity index (χ3n) is 6.62. The highest BCUT2D eigenvalue weighted by atomic mass is 16.5. The molecule has 166 valence electrons. The minimum atomic E-state index is -1.29. The van der Waals surface area contributed by atoms with Crippen LogP contribution in [0.5, 0.6) is 5.75 Å². The third-order valence-corrected chi connectivity index (χ3v) is 6.62. The van der Waals surface area contributed by atoms with E-state index in [0.29, 0.717) is 6.42 Å². The highest BCUT2D eigenvalue weighted by molar-refractivity contribution is 5.90. The molecule has 0 bridgehead atoms. The van der Waals surface area contributed by atoms with Crippen LogP contribution in [0.1, 0.15) is 65.0 Å². The maximum Gasteiger partial charge on any atom is 0.145 e. The number of hydrogen-bond acceptors (Lipinski definition) is 3. The molecule has 2 aromatic carbocycles. The number of Topliss-reactive ketones (excluding diaryl/α,β-unsaturated/α-hetero) is 1. The number of aliphatic hydroxyl groups is 1. The summed E-state index contributed by atoms with van der Waals surface area (Å²) in [6.07, 6.45) is 2.66. The Hall–Kier alpha value is -2.39. The number of ketones is 1. The van der Waals surface area contributed by atoms with Gasteiger partial charge in [-0.1, -0.05) is 84.0 Å². The van der Waals surface area contributed by atoms with Gasteiger partial charge in [0.2, 0.25) is 0 Å². The molecule has 1 aliphatic rings. The average molecular weight is 421 g/mol. The van der Waals surface area contributed by atoms with E-state index in [1.165, 1.54) is 0 Å². The fourth-order valence-electron chi connectivity index (χ4n) is 4.62. The van der Waals surface area contributed by atoms with E-state index in [0.717, 1.165) is 22.4 Å². The van der Waals surface area contributed by atoms with Crippen LogP contribution in [-0.4, -0.2) is 23.6 Å². The molecule has 3 unspecified atom stereocenters. The monoisotopic (exact) mass is 420 g/mol. The molecule has 31 heavy (non-hydrogen) atoms. The number of carbonyl (C=O) groups is 1. The standard InChI is InChI=1S/C28H36O3/c1-26(2,3)25(29)24-23(20-13-15-22(31-7)16-14-20)17-21(19-11-9-8-10-12-19)18-28(24,30)27(4,5)6/h8-16,18,23-24,30H,17H2,1-7H3. The lowest BCUT2D eigenvalue weighted by Gasteiger charge is -2.51. The number of benzene rings is 2. The van der Waals surface area contributed by atoms with Crippen LogP contribution in [0.25, 0.3) is 5.57 Å². The van der Waals surface area contributed by atoms with Gasteiger partial charge in [-0.2, -0.15) is 0 Å². The number of allylic oxidation sites excluding steroid dienone is 1. The van der Waals surface area contributed by atoms with Gasteiger partial charge >= 0.3 is 0 Å². The average Bonchev–Trinajstić information content (AvgIpc) is 2.72. The van der Waals surface area contributed by atoms with Crippen LogP contribution in [0, 0.1) is 16.7 Å². The van der Waals surface area contributed by atoms with Gasteiger partial charge in [-0.05, 0) is 46.7 Å². The van der Waals surface area contributed by atoms with Crippen LogP contribution in [0.4, 0.5) is 0 Å². The Labute approximate surface area is 187 Å². The normalized spacial score (nSPS) is 24.5. The lowest BCUT2D eigenvalue weighted by molar-refractivity contribution is -0.147. The molecule has 2 aromatic rings. The van der Waals surface area contributed by atoms with Crippen molar-refractivity contribution in [3.63, 3.8) is 0 Å². The fourth-order valence-corrected chi connectivity index (χ4v) is 4.62. The highest BCUT2D eigenvalue weighted by Gasteiger charge is 2.55. The molecule has 3 rings (SSSR count). The molecule has 0 heterocycles. The van der Waals surface area contributed by atoms with Gasteiger partial charge in [0.25, 0.3) is 0 Å². The molecule has 3 heteroatoms. The summed E-state index contributed by atoms with van der Waals surface area (Å²) in [5.41, 5.74) is 0.844. The van der Waals surface area contributed by atoms with E-state index >= 15 is 0 Å². The first-order valence-electron chi connectivity index (χ1n) is 11.1. The Balaban J connectivity index is 2.24. The summed E-state index contributed by atoms with van der Waals surface area (Å²) in [7, 11) is 1.65. The van der Waals surface area contributed by atoms with E-state index in [4.69, 9.17) is 4.74 Å². The van der Waals surface area contributed by atoms with Crippen molar-refractivity contribution in [1.29, 1.82) is 0 Å². The summed E-state index contributed by atoms with van der Waals surface area (Å²) in [6, 6.07) is 18.1.